The summed E-state index contributed by atoms with van der Waals surface area (Å²) in [5, 5.41) is 3.76. The van der Waals surface area contributed by atoms with E-state index in [4.69, 9.17) is 4.74 Å². The number of para-hydroxylation sites is 2. The highest BCUT2D eigenvalue weighted by Crippen LogP contribution is 2.29. The quantitative estimate of drug-likeness (QED) is 0.687. The van der Waals surface area contributed by atoms with Gasteiger partial charge in [-0.25, -0.2) is 9.97 Å². The highest BCUT2D eigenvalue weighted by molar-refractivity contribution is 5.92. The molecule has 1 amide bonds. The third-order valence-corrected chi connectivity index (χ3v) is 4.31. The van der Waals surface area contributed by atoms with Crippen molar-refractivity contribution in [3.05, 3.63) is 66.5 Å². The molecule has 0 radical (unpaired) electrons. The van der Waals surface area contributed by atoms with Gasteiger partial charge in [0, 0.05) is 18.2 Å². The van der Waals surface area contributed by atoms with Gasteiger partial charge in [-0.3, -0.25) is 4.79 Å². The summed E-state index contributed by atoms with van der Waals surface area (Å²) in [5.74, 6) is 1.71. The van der Waals surface area contributed by atoms with Crippen LogP contribution in [0.15, 0.2) is 60.9 Å². The number of fused-ring (bicyclic) bond motifs is 1. The maximum absolute atomic E-state index is 11.9. The Morgan fingerprint density at radius 3 is 2.81 bits per heavy atom. The first-order valence-corrected chi connectivity index (χ1v) is 8.72. The first-order valence-electron chi connectivity index (χ1n) is 8.72. The second-order valence-electron chi connectivity index (χ2n) is 6.36. The molecule has 1 heterocycles. The molecule has 3 aromatic rings. The van der Waals surface area contributed by atoms with Crippen LogP contribution < -0.4 is 10.1 Å². The standard InChI is InChI=1S/C21H19N3O2/c25-20(22-13-15-9-10-15)12-11-16-5-1-4-8-19(16)26-21-17-6-2-3-7-18(17)23-14-24-21/h1-8,11-12,14-15H,9-10,13H2,(H,22,25)/b12-11+. The van der Waals surface area contributed by atoms with Crippen molar-refractivity contribution in [2.45, 2.75) is 12.8 Å². The lowest BCUT2D eigenvalue weighted by molar-refractivity contribution is -0.116. The average Bonchev–Trinajstić information content (AvgIpc) is 3.50. The van der Waals surface area contributed by atoms with Gasteiger partial charge in [-0.2, -0.15) is 0 Å². The Morgan fingerprint density at radius 1 is 1.12 bits per heavy atom. The Kier molecular flexibility index (Phi) is 4.60. The summed E-state index contributed by atoms with van der Waals surface area (Å²) in [7, 11) is 0. The number of rotatable bonds is 6. The molecule has 5 heteroatoms. The number of ether oxygens (including phenoxy) is 1. The Hall–Kier alpha value is -3.21. The molecule has 0 unspecified atom stereocenters. The van der Waals surface area contributed by atoms with Crippen molar-refractivity contribution < 1.29 is 9.53 Å². The normalized spacial score (nSPS) is 13.8. The van der Waals surface area contributed by atoms with Gasteiger partial charge >= 0.3 is 0 Å². The number of aromatic nitrogens is 2. The Morgan fingerprint density at radius 2 is 1.92 bits per heavy atom. The number of carbonyl (C=O) groups is 1. The number of nitrogens with zero attached hydrogens (tertiary/aromatic N) is 2. The van der Waals surface area contributed by atoms with Crippen molar-refractivity contribution >= 4 is 22.9 Å². The van der Waals surface area contributed by atoms with Gasteiger partial charge in [-0.05, 0) is 43.0 Å². The van der Waals surface area contributed by atoms with Gasteiger partial charge in [-0.1, -0.05) is 30.3 Å². The third kappa shape index (κ3) is 3.88. The molecule has 0 saturated heterocycles. The van der Waals surface area contributed by atoms with Crippen molar-refractivity contribution in [1.29, 1.82) is 0 Å². The highest BCUT2D eigenvalue weighted by Gasteiger charge is 2.21. The second-order valence-corrected chi connectivity index (χ2v) is 6.36. The van der Waals surface area contributed by atoms with Crippen LogP contribution in [0.2, 0.25) is 0 Å². The smallest absolute Gasteiger partial charge is 0.244 e. The number of amides is 1. The monoisotopic (exact) mass is 345 g/mol. The summed E-state index contributed by atoms with van der Waals surface area (Å²) in [6.45, 7) is 0.758. The van der Waals surface area contributed by atoms with Crippen LogP contribution in [0.25, 0.3) is 17.0 Å². The van der Waals surface area contributed by atoms with E-state index in [0.717, 1.165) is 23.0 Å². The SMILES string of the molecule is O=C(/C=C/c1ccccc1Oc1ncnc2ccccc12)NCC1CC1. The zero-order valence-corrected chi connectivity index (χ0v) is 14.3. The summed E-state index contributed by atoms with van der Waals surface area (Å²) < 4.78 is 6.03. The van der Waals surface area contributed by atoms with Crippen LogP contribution in [0.3, 0.4) is 0 Å². The van der Waals surface area contributed by atoms with Crippen LogP contribution in [-0.2, 0) is 4.79 Å². The van der Waals surface area contributed by atoms with E-state index in [2.05, 4.69) is 15.3 Å². The fraction of sp³-hybridized carbons (Fsp3) is 0.190. The van der Waals surface area contributed by atoms with E-state index in [1.54, 1.807) is 12.2 Å². The Balaban J connectivity index is 1.54. The minimum absolute atomic E-state index is 0.0841. The van der Waals surface area contributed by atoms with E-state index in [1.807, 2.05) is 48.5 Å². The third-order valence-electron chi connectivity index (χ3n) is 4.31. The fourth-order valence-corrected chi connectivity index (χ4v) is 2.67. The summed E-state index contributed by atoms with van der Waals surface area (Å²) >= 11 is 0. The van der Waals surface area contributed by atoms with E-state index in [0.29, 0.717) is 17.5 Å². The molecule has 4 rings (SSSR count). The zero-order valence-electron chi connectivity index (χ0n) is 14.3. The largest absolute Gasteiger partial charge is 0.438 e. The van der Waals surface area contributed by atoms with E-state index < -0.39 is 0 Å². The molecule has 0 spiro atoms. The zero-order chi connectivity index (χ0) is 17.8. The topological polar surface area (TPSA) is 64.1 Å². The van der Waals surface area contributed by atoms with Gasteiger partial charge in [0.15, 0.2) is 0 Å². The van der Waals surface area contributed by atoms with Crippen LogP contribution >= 0.6 is 0 Å². The van der Waals surface area contributed by atoms with Crippen molar-refractivity contribution in [2.75, 3.05) is 6.54 Å². The molecular weight excluding hydrogens is 326 g/mol. The molecule has 26 heavy (non-hydrogen) atoms. The molecule has 1 N–H and O–H groups in total. The van der Waals surface area contributed by atoms with Crippen molar-refractivity contribution in [3.8, 4) is 11.6 Å². The number of hydrogen-bond donors (Lipinski definition) is 1. The summed E-state index contributed by atoms with van der Waals surface area (Å²) in [6.07, 6.45) is 7.23. The molecule has 0 bridgehead atoms. The first kappa shape index (κ1) is 16.3. The fourth-order valence-electron chi connectivity index (χ4n) is 2.67. The highest BCUT2D eigenvalue weighted by atomic mass is 16.5. The number of carbonyl (C=O) groups excluding carboxylic acids is 1. The predicted octanol–water partition coefficient (Wildman–Crippen LogP) is 3.96. The lowest BCUT2D eigenvalue weighted by Crippen LogP contribution is -2.23. The van der Waals surface area contributed by atoms with E-state index >= 15 is 0 Å². The summed E-state index contributed by atoms with van der Waals surface area (Å²) in [6, 6.07) is 15.3. The molecule has 0 aliphatic heterocycles. The van der Waals surface area contributed by atoms with Crippen LogP contribution in [0.1, 0.15) is 18.4 Å². The Labute approximate surface area is 151 Å². The van der Waals surface area contributed by atoms with Crippen LogP contribution in [-0.4, -0.2) is 22.4 Å². The predicted molar refractivity (Wildman–Crippen MR) is 101 cm³/mol. The maximum Gasteiger partial charge on any atom is 0.244 e. The van der Waals surface area contributed by atoms with E-state index in [-0.39, 0.29) is 5.91 Å². The molecule has 1 aliphatic carbocycles. The molecule has 1 aromatic heterocycles. The minimum Gasteiger partial charge on any atom is -0.438 e. The van der Waals surface area contributed by atoms with Crippen molar-refractivity contribution in [1.82, 2.24) is 15.3 Å². The van der Waals surface area contributed by atoms with Gasteiger partial charge in [0.1, 0.15) is 12.1 Å². The second kappa shape index (κ2) is 7.35. The molecule has 5 nitrogen and oxygen atoms in total. The van der Waals surface area contributed by atoms with Gasteiger partial charge in [0.25, 0.3) is 0 Å². The number of nitrogens with one attached hydrogen (secondary N) is 1. The first-order chi connectivity index (χ1) is 12.8. The van der Waals surface area contributed by atoms with Gasteiger partial charge in [-0.15, -0.1) is 0 Å². The maximum atomic E-state index is 11.9. The van der Waals surface area contributed by atoms with Crippen LogP contribution in [0.5, 0.6) is 11.6 Å². The molecule has 1 saturated carbocycles. The lowest BCUT2D eigenvalue weighted by atomic mass is 10.2. The minimum atomic E-state index is -0.0841. The van der Waals surface area contributed by atoms with Gasteiger partial charge in [0.05, 0.1) is 10.9 Å². The number of benzene rings is 2. The molecule has 130 valence electrons. The van der Waals surface area contributed by atoms with Gasteiger partial charge < -0.3 is 10.1 Å². The van der Waals surface area contributed by atoms with Crippen LogP contribution in [0, 0.1) is 5.92 Å². The van der Waals surface area contributed by atoms with Crippen LogP contribution in [0.4, 0.5) is 0 Å². The van der Waals surface area contributed by atoms with E-state index in [1.165, 1.54) is 19.2 Å². The average molecular weight is 345 g/mol. The lowest BCUT2D eigenvalue weighted by Gasteiger charge is -2.09. The summed E-state index contributed by atoms with van der Waals surface area (Å²) in [5.41, 5.74) is 1.64. The molecular formula is C21H19N3O2. The molecule has 2 aromatic carbocycles. The summed E-state index contributed by atoms with van der Waals surface area (Å²) in [4.78, 5) is 20.4. The van der Waals surface area contributed by atoms with Gasteiger partial charge in [0.2, 0.25) is 11.8 Å². The molecule has 1 aliphatic rings. The Bertz CT molecular complexity index is 959. The van der Waals surface area contributed by atoms with Crippen molar-refractivity contribution in [2.24, 2.45) is 5.92 Å². The van der Waals surface area contributed by atoms with Crippen molar-refractivity contribution in [3.63, 3.8) is 0 Å². The molecule has 1 fully saturated rings. The number of hydrogen-bond acceptors (Lipinski definition) is 4. The van der Waals surface area contributed by atoms with E-state index in [9.17, 15) is 4.79 Å². The molecule has 0 atom stereocenters.